The molecule has 140 valence electrons. The van der Waals surface area contributed by atoms with Crippen LogP contribution in [0.5, 0.6) is 0 Å². The zero-order valence-corrected chi connectivity index (χ0v) is 16.7. The van der Waals surface area contributed by atoms with Gasteiger partial charge in [0, 0.05) is 21.7 Å². The Bertz CT molecular complexity index is 1130. The van der Waals surface area contributed by atoms with E-state index in [0.717, 1.165) is 22.5 Å². The number of anilines is 2. The molecule has 0 spiro atoms. The van der Waals surface area contributed by atoms with Crippen LogP contribution in [-0.4, -0.2) is 24.9 Å². The molecule has 0 saturated heterocycles. The smallest absolute Gasteiger partial charge is 0.206 e. The van der Waals surface area contributed by atoms with Crippen LogP contribution in [0.2, 0.25) is 10.0 Å². The fraction of sp³-hybridized carbons (Fsp3) is 0. The molecule has 9 heteroatoms. The van der Waals surface area contributed by atoms with E-state index >= 15 is 0 Å². The fourth-order valence-electron chi connectivity index (χ4n) is 2.72. The lowest BCUT2D eigenvalue weighted by molar-refractivity contribution is 0.949. The molecule has 4 rings (SSSR count). The van der Waals surface area contributed by atoms with Crippen molar-refractivity contribution in [3.63, 3.8) is 0 Å². The number of benzene rings is 2. The molecule has 0 saturated carbocycles. The summed E-state index contributed by atoms with van der Waals surface area (Å²) in [7, 11) is 0. The summed E-state index contributed by atoms with van der Waals surface area (Å²) in [6.45, 7) is 0. The number of imidazole rings is 1. The Kier molecular flexibility index (Phi) is 5.04. The molecule has 0 aliphatic rings. The van der Waals surface area contributed by atoms with Crippen molar-refractivity contribution in [2.24, 2.45) is 5.73 Å². The van der Waals surface area contributed by atoms with Gasteiger partial charge in [0.15, 0.2) is 10.9 Å². The van der Waals surface area contributed by atoms with Crippen LogP contribution in [0.4, 0.5) is 11.8 Å². The van der Waals surface area contributed by atoms with Gasteiger partial charge in [0.2, 0.25) is 5.95 Å². The van der Waals surface area contributed by atoms with E-state index in [9.17, 15) is 0 Å². The van der Waals surface area contributed by atoms with E-state index in [4.69, 9.17) is 41.2 Å². The van der Waals surface area contributed by atoms with Crippen molar-refractivity contribution in [3.05, 3.63) is 70.8 Å². The minimum atomic E-state index is 0.138. The van der Waals surface area contributed by atoms with Crippen LogP contribution in [0, 0.1) is 0 Å². The highest BCUT2D eigenvalue weighted by Crippen LogP contribution is 2.26. The number of thiocarbonyl (C=S) groups is 1. The Labute approximate surface area is 176 Å². The normalized spacial score (nSPS) is 10.8. The van der Waals surface area contributed by atoms with Crippen LogP contribution in [0.1, 0.15) is 0 Å². The number of halogens is 2. The topological polar surface area (TPSA) is 84.6 Å². The van der Waals surface area contributed by atoms with E-state index in [2.05, 4.69) is 20.4 Å². The van der Waals surface area contributed by atoms with Crippen LogP contribution in [0.3, 0.4) is 0 Å². The fourth-order valence-corrected chi connectivity index (χ4v) is 3.11. The summed E-state index contributed by atoms with van der Waals surface area (Å²) in [5, 5.41) is 9.03. The average molecular weight is 429 g/mol. The molecule has 0 amide bonds. The Balaban J connectivity index is 1.62. The Morgan fingerprint density at radius 3 is 2.21 bits per heavy atom. The predicted octanol–water partition coefficient (Wildman–Crippen LogP) is 5.08. The van der Waals surface area contributed by atoms with Gasteiger partial charge in [-0.05, 0) is 42.0 Å². The molecule has 4 N–H and O–H groups in total. The second-order valence-corrected chi connectivity index (χ2v) is 7.24. The summed E-state index contributed by atoms with van der Waals surface area (Å²) >= 11 is 17.0. The molecular formula is C19H14Cl2N6S. The second kappa shape index (κ2) is 7.63. The molecule has 6 nitrogen and oxygen atoms in total. The van der Waals surface area contributed by atoms with Crippen LogP contribution in [-0.2, 0) is 0 Å². The summed E-state index contributed by atoms with van der Waals surface area (Å²) in [6.07, 6.45) is 1.73. The summed E-state index contributed by atoms with van der Waals surface area (Å²) in [6, 6.07) is 16.7. The molecule has 0 fully saturated rings. The lowest BCUT2D eigenvalue weighted by Gasteiger charge is -2.04. The molecule has 2 aromatic carbocycles. The number of aromatic amines is 1. The molecule has 4 aromatic rings. The third kappa shape index (κ3) is 3.87. The second-order valence-electron chi connectivity index (χ2n) is 5.95. The molecule has 0 atom stereocenters. The maximum Gasteiger partial charge on any atom is 0.206 e. The van der Waals surface area contributed by atoms with Gasteiger partial charge in [-0.15, -0.1) is 5.10 Å². The van der Waals surface area contributed by atoms with Crippen LogP contribution in [0.25, 0.3) is 22.5 Å². The third-order valence-corrected chi connectivity index (χ3v) is 4.71. The Morgan fingerprint density at radius 2 is 1.61 bits per heavy atom. The van der Waals surface area contributed by atoms with Crippen molar-refractivity contribution in [3.8, 4) is 22.5 Å². The summed E-state index contributed by atoms with van der Waals surface area (Å²) < 4.78 is 1.49. The van der Waals surface area contributed by atoms with E-state index < -0.39 is 0 Å². The average Bonchev–Trinajstić information content (AvgIpc) is 3.31. The van der Waals surface area contributed by atoms with Gasteiger partial charge in [-0.3, -0.25) is 0 Å². The lowest BCUT2D eigenvalue weighted by atomic mass is 10.1. The molecular weight excluding hydrogens is 415 g/mol. The number of hydrogen-bond donors (Lipinski definition) is 3. The molecule has 0 aliphatic carbocycles. The first-order valence-electron chi connectivity index (χ1n) is 8.23. The van der Waals surface area contributed by atoms with Gasteiger partial charge in [0.1, 0.15) is 0 Å². The van der Waals surface area contributed by atoms with E-state index in [0.29, 0.717) is 21.8 Å². The SMILES string of the molecule is NC(=S)n1nc(Nc2ncc(-c3ccc(Cl)cc3)[nH]2)cc1-c1ccc(Cl)cc1. The van der Waals surface area contributed by atoms with Crippen molar-refractivity contribution in [1.82, 2.24) is 19.7 Å². The number of nitrogens with one attached hydrogen (secondary N) is 2. The van der Waals surface area contributed by atoms with Crippen LogP contribution < -0.4 is 11.1 Å². The summed E-state index contributed by atoms with van der Waals surface area (Å²) in [4.78, 5) is 7.55. The standard InChI is InChI=1S/C19H14Cl2N6S/c20-13-5-1-11(2-6-13)15-10-23-19(24-15)25-17-9-16(27(26-17)18(22)28)12-3-7-14(21)8-4-12/h1-10H,(H2,22,28)(H2,23,24,25,26). The van der Waals surface area contributed by atoms with Crippen molar-refractivity contribution >= 4 is 52.3 Å². The van der Waals surface area contributed by atoms with Crippen molar-refractivity contribution < 1.29 is 0 Å². The monoisotopic (exact) mass is 428 g/mol. The van der Waals surface area contributed by atoms with Gasteiger partial charge < -0.3 is 16.0 Å². The zero-order chi connectivity index (χ0) is 19.7. The molecule has 0 bridgehead atoms. The van der Waals surface area contributed by atoms with Crippen molar-refractivity contribution in [2.75, 3.05) is 5.32 Å². The van der Waals surface area contributed by atoms with E-state index in [1.165, 1.54) is 4.68 Å². The van der Waals surface area contributed by atoms with Gasteiger partial charge in [0.25, 0.3) is 0 Å². The van der Waals surface area contributed by atoms with Gasteiger partial charge in [-0.2, -0.15) is 0 Å². The number of hydrogen-bond acceptors (Lipinski definition) is 4. The summed E-state index contributed by atoms with van der Waals surface area (Å²) in [5.74, 6) is 1.09. The lowest BCUT2D eigenvalue weighted by Crippen LogP contribution is -2.21. The van der Waals surface area contributed by atoms with E-state index in [1.54, 1.807) is 18.3 Å². The van der Waals surface area contributed by atoms with Gasteiger partial charge in [0.05, 0.1) is 17.6 Å². The number of aromatic nitrogens is 4. The highest BCUT2D eigenvalue weighted by atomic mass is 35.5. The number of nitrogens with zero attached hydrogens (tertiary/aromatic N) is 3. The first kappa shape index (κ1) is 18.5. The number of rotatable bonds is 4. The molecule has 0 radical (unpaired) electrons. The van der Waals surface area contributed by atoms with Crippen LogP contribution >= 0.6 is 35.4 Å². The predicted molar refractivity (Wildman–Crippen MR) is 117 cm³/mol. The third-order valence-electron chi connectivity index (χ3n) is 4.04. The highest BCUT2D eigenvalue weighted by molar-refractivity contribution is 7.80. The molecule has 2 heterocycles. The minimum absolute atomic E-state index is 0.138. The van der Waals surface area contributed by atoms with Crippen molar-refractivity contribution in [2.45, 2.75) is 0 Å². The quantitative estimate of drug-likeness (QED) is 0.394. The number of H-pyrrole nitrogens is 1. The van der Waals surface area contributed by atoms with Crippen molar-refractivity contribution in [1.29, 1.82) is 0 Å². The largest absolute Gasteiger partial charge is 0.374 e. The molecule has 0 unspecified atom stereocenters. The first-order valence-corrected chi connectivity index (χ1v) is 9.40. The molecule has 28 heavy (non-hydrogen) atoms. The molecule has 0 aliphatic heterocycles. The maximum absolute atomic E-state index is 5.97. The van der Waals surface area contributed by atoms with Crippen LogP contribution in [0.15, 0.2) is 60.8 Å². The Hall–Kier alpha value is -2.87. The summed E-state index contributed by atoms with van der Waals surface area (Å²) in [5.41, 5.74) is 9.28. The van der Waals surface area contributed by atoms with Gasteiger partial charge in [-0.1, -0.05) is 47.5 Å². The maximum atomic E-state index is 5.97. The minimum Gasteiger partial charge on any atom is -0.374 e. The molecule has 2 aromatic heterocycles. The number of nitrogens with two attached hydrogens (primary N) is 1. The van der Waals surface area contributed by atoms with E-state index in [1.807, 2.05) is 42.5 Å². The van der Waals surface area contributed by atoms with Gasteiger partial charge in [-0.25, -0.2) is 9.67 Å². The van der Waals surface area contributed by atoms with Gasteiger partial charge >= 0.3 is 0 Å². The first-order chi connectivity index (χ1) is 13.5. The van der Waals surface area contributed by atoms with E-state index in [-0.39, 0.29) is 5.11 Å². The zero-order valence-electron chi connectivity index (χ0n) is 14.4. The Morgan fingerprint density at radius 1 is 1.00 bits per heavy atom. The highest BCUT2D eigenvalue weighted by Gasteiger charge is 2.13.